The number of carbonyl (C=O) groups excluding carboxylic acids is 1. The third kappa shape index (κ3) is 3.88. The Bertz CT molecular complexity index is 706. The molecule has 2 aromatic heterocycles. The van der Waals surface area contributed by atoms with Crippen molar-refractivity contribution >= 4 is 5.91 Å². The summed E-state index contributed by atoms with van der Waals surface area (Å²) in [6.45, 7) is 3.46. The Morgan fingerprint density at radius 2 is 2.42 bits per heavy atom. The highest BCUT2D eigenvalue weighted by molar-refractivity contribution is 5.78. The van der Waals surface area contributed by atoms with Crippen LogP contribution in [0.5, 0.6) is 5.75 Å². The van der Waals surface area contributed by atoms with Crippen molar-refractivity contribution in [2.24, 2.45) is 0 Å². The van der Waals surface area contributed by atoms with Crippen LogP contribution in [0.2, 0.25) is 0 Å². The smallest absolute Gasteiger partial charge is 0.226 e. The highest BCUT2D eigenvalue weighted by Crippen LogP contribution is 2.17. The summed E-state index contributed by atoms with van der Waals surface area (Å²) >= 11 is 0. The van der Waals surface area contributed by atoms with Crippen LogP contribution in [0.3, 0.4) is 0 Å². The van der Waals surface area contributed by atoms with Crippen LogP contribution < -0.4 is 10.1 Å². The van der Waals surface area contributed by atoms with Crippen LogP contribution in [0, 0.1) is 5.82 Å². The average Bonchev–Trinajstić information content (AvgIpc) is 3.20. The molecule has 3 heterocycles. The lowest BCUT2D eigenvalue weighted by molar-refractivity contribution is -0.121. The van der Waals surface area contributed by atoms with Crippen LogP contribution in [-0.2, 0) is 22.5 Å². The van der Waals surface area contributed by atoms with E-state index in [1.54, 1.807) is 17.1 Å². The Balaban J connectivity index is 1.57. The first-order valence-electron chi connectivity index (χ1n) is 7.81. The van der Waals surface area contributed by atoms with Crippen molar-refractivity contribution in [3.05, 3.63) is 42.2 Å². The van der Waals surface area contributed by atoms with Gasteiger partial charge in [-0.25, -0.2) is 4.39 Å². The zero-order valence-corrected chi connectivity index (χ0v) is 13.3. The molecule has 0 aromatic carbocycles. The number of aryl methyl sites for hydroxylation is 1. The predicted molar refractivity (Wildman–Crippen MR) is 83.0 cm³/mol. The lowest BCUT2D eigenvalue weighted by atomic mass is 10.2. The zero-order valence-electron chi connectivity index (χ0n) is 13.3. The summed E-state index contributed by atoms with van der Waals surface area (Å²) in [6, 6.07) is 2.47. The standard InChI is InChI=1S/C16H19FN4O3/c1-2-21-8-11(7-19-21)24-15-10-23-9-14(15)20-16(22)6-13-12(17)4-3-5-18-13/h3-5,7-8,14-15H,2,6,9-10H2,1H3,(H,20,22)/t14-,15+/m0/s1. The summed E-state index contributed by atoms with van der Waals surface area (Å²) < 4.78 is 26.5. The molecular weight excluding hydrogens is 315 g/mol. The van der Waals surface area contributed by atoms with Crippen molar-refractivity contribution < 1.29 is 18.7 Å². The second kappa shape index (κ2) is 7.39. The van der Waals surface area contributed by atoms with Gasteiger partial charge in [-0.15, -0.1) is 0 Å². The number of nitrogens with one attached hydrogen (secondary N) is 1. The van der Waals surface area contributed by atoms with E-state index in [4.69, 9.17) is 9.47 Å². The molecule has 1 aliphatic rings. The number of nitrogens with zero attached hydrogens (tertiary/aromatic N) is 3. The maximum absolute atomic E-state index is 13.6. The molecule has 1 amide bonds. The minimum absolute atomic E-state index is 0.121. The van der Waals surface area contributed by atoms with E-state index in [2.05, 4.69) is 15.4 Å². The van der Waals surface area contributed by atoms with E-state index in [0.29, 0.717) is 19.0 Å². The van der Waals surface area contributed by atoms with E-state index in [9.17, 15) is 9.18 Å². The van der Waals surface area contributed by atoms with Crippen molar-refractivity contribution in [1.29, 1.82) is 0 Å². The molecule has 2 atom stereocenters. The van der Waals surface area contributed by atoms with E-state index in [-0.39, 0.29) is 30.2 Å². The third-order valence-corrected chi connectivity index (χ3v) is 3.76. The normalized spacial score (nSPS) is 20.1. The number of amides is 1. The first-order valence-corrected chi connectivity index (χ1v) is 7.81. The molecule has 128 valence electrons. The predicted octanol–water partition coefficient (Wildman–Crippen LogP) is 0.942. The van der Waals surface area contributed by atoms with Gasteiger partial charge >= 0.3 is 0 Å². The summed E-state index contributed by atoms with van der Waals surface area (Å²) in [5.74, 6) is -0.182. The second-order valence-corrected chi connectivity index (χ2v) is 5.51. The molecule has 3 rings (SSSR count). The lowest BCUT2D eigenvalue weighted by Crippen LogP contribution is -2.45. The van der Waals surface area contributed by atoms with Gasteiger partial charge in [0.2, 0.25) is 5.91 Å². The average molecular weight is 334 g/mol. The molecule has 1 aliphatic heterocycles. The molecule has 2 aromatic rings. The van der Waals surface area contributed by atoms with Gasteiger partial charge in [-0.05, 0) is 19.1 Å². The molecule has 0 aliphatic carbocycles. The second-order valence-electron chi connectivity index (χ2n) is 5.51. The molecule has 1 N–H and O–H groups in total. The van der Waals surface area contributed by atoms with Gasteiger partial charge in [-0.1, -0.05) is 0 Å². The Morgan fingerprint density at radius 1 is 1.54 bits per heavy atom. The number of pyridine rings is 1. The summed E-state index contributed by atoms with van der Waals surface area (Å²) in [7, 11) is 0. The van der Waals surface area contributed by atoms with Crippen molar-refractivity contribution in [3.63, 3.8) is 0 Å². The van der Waals surface area contributed by atoms with Crippen LogP contribution in [-0.4, -0.2) is 46.0 Å². The van der Waals surface area contributed by atoms with E-state index in [1.807, 2.05) is 6.92 Å². The SMILES string of the molecule is CCn1cc(O[C@@H]2COC[C@@H]2NC(=O)Cc2ncccc2F)cn1. The first-order chi connectivity index (χ1) is 11.7. The van der Waals surface area contributed by atoms with Gasteiger partial charge in [0.05, 0.1) is 43.8 Å². The number of hydrogen-bond acceptors (Lipinski definition) is 5. The molecule has 0 radical (unpaired) electrons. The Hall–Kier alpha value is -2.48. The largest absolute Gasteiger partial charge is 0.482 e. The summed E-state index contributed by atoms with van der Waals surface area (Å²) in [5.41, 5.74) is 0.121. The summed E-state index contributed by atoms with van der Waals surface area (Å²) in [4.78, 5) is 16.0. The number of aromatic nitrogens is 3. The zero-order chi connectivity index (χ0) is 16.9. The molecule has 0 spiro atoms. The van der Waals surface area contributed by atoms with Crippen LogP contribution in [0.25, 0.3) is 0 Å². The Kier molecular flexibility index (Phi) is 5.05. The van der Waals surface area contributed by atoms with E-state index < -0.39 is 5.82 Å². The fraction of sp³-hybridized carbons (Fsp3) is 0.438. The maximum Gasteiger partial charge on any atom is 0.226 e. The Morgan fingerprint density at radius 3 is 3.17 bits per heavy atom. The molecular formula is C16H19FN4O3. The molecule has 0 saturated carbocycles. The van der Waals surface area contributed by atoms with Crippen LogP contribution in [0.4, 0.5) is 4.39 Å². The molecule has 1 fully saturated rings. The maximum atomic E-state index is 13.6. The van der Waals surface area contributed by atoms with Gasteiger partial charge in [0.1, 0.15) is 11.9 Å². The van der Waals surface area contributed by atoms with E-state index in [1.165, 1.54) is 18.3 Å². The van der Waals surface area contributed by atoms with Gasteiger partial charge < -0.3 is 14.8 Å². The highest BCUT2D eigenvalue weighted by atomic mass is 19.1. The van der Waals surface area contributed by atoms with Crippen molar-refractivity contribution in [1.82, 2.24) is 20.1 Å². The number of carbonyl (C=O) groups is 1. The van der Waals surface area contributed by atoms with Crippen LogP contribution in [0.15, 0.2) is 30.7 Å². The molecule has 0 bridgehead atoms. The topological polar surface area (TPSA) is 78.3 Å². The Labute approximate surface area is 138 Å². The number of halogens is 1. The van der Waals surface area contributed by atoms with Crippen molar-refractivity contribution in [3.8, 4) is 5.75 Å². The molecule has 8 heteroatoms. The number of rotatable bonds is 6. The molecule has 0 unspecified atom stereocenters. The van der Waals surface area contributed by atoms with Gasteiger partial charge in [-0.3, -0.25) is 14.5 Å². The molecule has 7 nitrogen and oxygen atoms in total. The first kappa shape index (κ1) is 16.4. The highest BCUT2D eigenvalue weighted by Gasteiger charge is 2.32. The summed E-state index contributed by atoms with van der Waals surface area (Å²) in [5, 5.41) is 6.96. The monoisotopic (exact) mass is 334 g/mol. The lowest BCUT2D eigenvalue weighted by Gasteiger charge is -2.19. The minimum atomic E-state index is -0.491. The van der Waals surface area contributed by atoms with Crippen LogP contribution in [0.1, 0.15) is 12.6 Å². The van der Waals surface area contributed by atoms with Crippen molar-refractivity contribution in [2.75, 3.05) is 13.2 Å². The van der Waals surface area contributed by atoms with Gasteiger partial charge in [0.25, 0.3) is 0 Å². The van der Waals surface area contributed by atoms with E-state index in [0.717, 1.165) is 6.54 Å². The van der Waals surface area contributed by atoms with Crippen LogP contribution >= 0.6 is 0 Å². The van der Waals surface area contributed by atoms with Gasteiger partial charge in [0.15, 0.2) is 5.75 Å². The summed E-state index contributed by atoms with van der Waals surface area (Å²) in [6.07, 6.45) is 4.45. The number of hydrogen-bond donors (Lipinski definition) is 1. The minimum Gasteiger partial charge on any atom is -0.482 e. The molecule has 24 heavy (non-hydrogen) atoms. The fourth-order valence-electron chi connectivity index (χ4n) is 2.50. The van der Waals surface area contributed by atoms with Gasteiger partial charge in [0, 0.05) is 12.7 Å². The van der Waals surface area contributed by atoms with E-state index >= 15 is 0 Å². The quantitative estimate of drug-likeness (QED) is 0.851. The number of ether oxygens (including phenoxy) is 2. The van der Waals surface area contributed by atoms with Crippen molar-refractivity contribution in [2.45, 2.75) is 32.0 Å². The van der Waals surface area contributed by atoms with Gasteiger partial charge in [-0.2, -0.15) is 5.10 Å². The fourth-order valence-corrected chi connectivity index (χ4v) is 2.50. The third-order valence-electron chi connectivity index (χ3n) is 3.76. The molecule has 1 saturated heterocycles.